The number of aromatic amines is 1. The van der Waals surface area contributed by atoms with Crippen molar-refractivity contribution in [3.63, 3.8) is 0 Å². The van der Waals surface area contributed by atoms with Crippen LogP contribution >= 0.6 is 0 Å². The molecule has 0 unspecified atom stereocenters. The van der Waals surface area contributed by atoms with E-state index in [2.05, 4.69) is 21.0 Å². The van der Waals surface area contributed by atoms with Gasteiger partial charge in [-0.05, 0) is 48.0 Å². The summed E-state index contributed by atoms with van der Waals surface area (Å²) in [5.74, 6) is 1.07. The number of hydrogen-bond acceptors (Lipinski definition) is 4. The Morgan fingerprint density at radius 2 is 1.76 bits per heavy atom. The number of hydrogen-bond donors (Lipinski definition) is 2. The summed E-state index contributed by atoms with van der Waals surface area (Å²) < 4.78 is 0. The lowest BCUT2D eigenvalue weighted by molar-refractivity contribution is 0.474. The molecule has 2 aromatic carbocycles. The predicted molar refractivity (Wildman–Crippen MR) is 113 cm³/mol. The summed E-state index contributed by atoms with van der Waals surface area (Å²) in [4.78, 5) is 17.2. The maximum Gasteiger partial charge on any atom is 0.115 e. The van der Waals surface area contributed by atoms with Gasteiger partial charge in [0, 0.05) is 29.8 Å². The van der Waals surface area contributed by atoms with E-state index in [4.69, 9.17) is 4.98 Å². The Morgan fingerprint density at radius 1 is 0.828 bits per heavy atom. The quantitative estimate of drug-likeness (QED) is 0.462. The van der Waals surface area contributed by atoms with Crippen LogP contribution in [-0.4, -0.2) is 25.0 Å². The lowest BCUT2D eigenvalue weighted by atomic mass is 10.1. The van der Waals surface area contributed by atoms with Crippen LogP contribution in [-0.2, 0) is 6.42 Å². The Labute approximate surface area is 167 Å². The molecule has 5 aromatic rings. The minimum Gasteiger partial charge on any atom is -0.508 e. The highest BCUT2D eigenvalue weighted by molar-refractivity contribution is 5.86. The lowest BCUT2D eigenvalue weighted by Crippen LogP contribution is -1.90. The molecular formula is C24H18N4O. The molecule has 0 bridgehead atoms. The first-order valence-corrected chi connectivity index (χ1v) is 9.39. The Bertz CT molecular complexity index is 1290. The number of aromatic hydroxyl groups is 1. The van der Waals surface area contributed by atoms with E-state index >= 15 is 0 Å². The number of H-pyrrole nitrogens is 1. The molecule has 0 aliphatic rings. The van der Waals surface area contributed by atoms with Gasteiger partial charge in [0.2, 0.25) is 0 Å². The molecule has 5 nitrogen and oxygen atoms in total. The van der Waals surface area contributed by atoms with Gasteiger partial charge in [-0.15, -0.1) is 0 Å². The molecule has 29 heavy (non-hydrogen) atoms. The van der Waals surface area contributed by atoms with Crippen LogP contribution in [0.5, 0.6) is 5.75 Å². The molecule has 2 N–H and O–H groups in total. The van der Waals surface area contributed by atoms with Crippen molar-refractivity contribution < 1.29 is 5.11 Å². The first-order valence-electron chi connectivity index (χ1n) is 9.39. The Hall–Kier alpha value is -3.99. The third-order valence-electron chi connectivity index (χ3n) is 4.83. The largest absolute Gasteiger partial charge is 0.508 e. The molecule has 0 radical (unpaired) electrons. The van der Waals surface area contributed by atoms with Gasteiger partial charge < -0.3 is 10.1 Å². The summed E-state index contributed by atoms with van der Waals surface area (Å²) in [5, 5.41) is 10.8. The molecule has 0 aliphatic heterocycles. The number of benzene rings is 2. The number of phenols is 1. The van der Waals surface area contributed by atoms with Crippen LogP contribution in [0.4, 0.5) is 0 Å². The molecule has 3 heterocycles. The molecule has 0 atom stereocenters. The van der Waals surface area contributed by atoms with Crippen molar-refractivity contribution in [3.05, 3.63) is 96.6 Å². The predicted octanol–water partition coefficient (Wildman–Crippen LogP) is 4.98. The normalized spacial score (nSPS) is 11.0. The van der Waals surface area contributed by atoms with Gasteiger partial charge in [-0.1, -0.05) is 30.3 Å². The van der Waals surface area contributed by atoms with Crippen molar-refractivity contribution in [3.8, 4) is 28.4 Å². The number of nitrogens with zero attached hydrogens (tertiary/aromatic N) is 3. The van der Waals surface area contributed by atoms with Crippen LogP contribution in [0.2, 0.25) is 0 Å². The second-order valence-electron chi connectivity index (χ2n) is 6.88. The molecule has 140 valence electrons. The molecule has 0 spiro atoms. The van der Waals surface area contributed by atoms with Crippen LogP contribution in [0.3, 0.4) is 0 Å². The summed E-state index contributed by atoms with van der Waals surface area (Å²) in [5.41, 5.74) is 5.51. The zero-order chi connectivity index (χ0) is 19.6. The van der Waals surface area contributed by atoms with E-state index in [1.54, 1.807) is 24.5 Å². The summed E-state index contributed by atoms with van der Waals surface area (Å²) in [6.45, 7) is 0. The van der Waals surface area contributed by atoms with Crippen molar-refractivity contribution in [1.29, 1.82) is 0 Å². The van der Waals surface area contributed by atoms with Crippen LogP contribution in [0.1, 0.15) is 11.4 Å². The molecule has 0 saturated carbocycles. The van der Waals surface area contributed by atoms with Crippen molar-refractivity contribution in [2.75, 3.05) is 0 Å². The fourth-order valence-electron chi connectivity index (χ4n) is 3.49. The van der Waals surface area contributed by atoms with E-state index < -0.39 is 0 Å². The Kier molecular flexibility index (Phi) is 4.26. The van der Waals surface area contributed by atoms with E-state index in [9.17, 15) is 5.11 Å². The number of aromatic nitrogens is 4. The SMILES string of the molecule is Oc1cccc(Cc2nc(-c3ccc4ncccc4c3)c(-c3ccccn3)[nH]2)c1. The number of rotatable bonds is 4. The zero-order valence-corrected chi connectivity index (χ0v) is 15.6. The van der Waals surface area contributed by atoms with E-state index in [-0.39, 0.29) is 5.75 Å². The summed E-state index contributed by atoms with van der Waals surface area (Å²) in [6.07, 6.45) is 4.16. The van der Waals surface area contributed by atoms with E-state index in [0.29, 0.717) is 6.42 Å². The van der Waals surface area contributed by atoms with E-state index in [1.807, 2.05) is 54.6 Å². The van der Waals surface area contributed by atoms with Crippen LogP contribution in [0.25, 0.3) is 33.5 Å². The van der Waals surface area contributed by atoms with E-state index in [1.165, 1.54) is 0 Å². The number of imidazole rings is 1. The Morgan fingerprint density at radius 3 is 2.62 bits per heavy atom. The maximum absolute atomic E-state index is 9.76. The van der Waals surface area contributed by atoms with Gasteiger partial charge in [-0.2, -0.15) is 0 Å². The third-order valence-corrected chi connectivity index (χ3v) is 4.83. The number of fused-ring (bicyclic) bond motifs is 1. The van der Waals surface area contributed by atoms with Crippen LogP contribution in [0.15, 0.2) is 85.2 Å². The number of phenolic OH excluding ortho intramolecular Hbond substituents is 1. The average molecular weight is 378 g/mol. The first kappa shape index (κ1) is 17.1. The van der Waals surface area contributed by atoms with Crippen molar-refractivity contribution in [2.24, 2.45) is 0 Å². The standard InChI is InChI=1S/C24H18N4O/c29-19-7-3-5-16(13-19)14-22-27-23(24(28-22)21-8-1-2-11-26-21)18-9-10-20-17(15-18)6-4-12-25-20/h1-13,15,29H,14H2,(H,27,28). The van der Waals surface area contributed by atoms with Gasteiger partial charge in [0.15, 0.2) is 0 Å². The molecule has 0 aliphatic carbocycles. The highest BCUT2D eigenvalue weighted by Gasteiger charge is 2.16. The molecule has 0 amide bonds. The minimum atomic E-state index is 0.251. The first-order chi connectivity index (χ1) is 14.3. The minimum absolute atomic E-state index is 0.251. The van der Waals surface area contributed by atoms with Gasteiger partial charge in [0.25, 0.3) is 0 Å². The van der Waals surface area contributed by atoms with Gasteiger partial charge in [-0.3, -0.25) is 9.97 Å². The molecule has 0 fully saturated rings. The summed E-state index contributed by atoms with van der Waals surface area (Å²) >= 11 is 0. The maximum atomic E-state index is 9.76. The zero-order valence-electron chi connectivity index (χ0n) is 15.6. The van der Waals surface area contributed by atoms with Crippen molar-refractivity contribution >= 4 is 10.9 Å². The molecular weight excluding hydrogens is 360 g/mol. The van der Waals surface area contributed by atoms with Gasteiger partial charge >= 0.3 is 0 Å². The number of pyridine rings is 2. The second kappa shape index (κ2) is 7.20. The van der Waals surface area contributed by atoms with Gasteiger partial charge in [-0.25, -0.2) is 4.98 Å². The van der Waals surface area contributed by atoms with Gasteiger partial charge in [0.1, 0.15) is 11.6 Å². The Balaban J connectivity index is 1.63. The van der Waals surface area contributed by atoms with E-state index in [0.717, 1.165) is 44.9 Å². The molecule has 5 heteroatoms. The monoisotopic (exact) mass is 378 g/mol. The smallest absolute Gasteiger partial charge is 0.115 e. The second-order valence-corrected chi connectivity index (χ2v) is 6.88. The van der Waals surface area contributed by atoms with Crippen LogP contribution in [0, 0.1) is 0 Å². The average Bonchev–Trinajstić information content (AvgIpc) is 3.18. The fourth-order valence-corrected chi connectivity index (χ4v) is 3.49. The summed E-state index contributed by atoms with van der Waals surface area (Å²) in [6, 6.07) is 23.2. The fraction of sp³-hybridized carbons (Fsp3) is 0.0417. The molecule has 5 rings (SSSR count). The van der Waals surface area contributed by atoms with Crippen molar-refractivity contribution in [1.82, 2.24) is 19.9 Å². The molecule has 3 aromatic heterocycles. The van der Waals surface area contributed by atoms with Crippen LogP contribution < -0.4 is 0 Å². The third kappa shape index (κ3) is 3.46. The summed E-state index contributed by atoms with van der Waals surface area (Å²) in [7, 11) is 0. The molecule has 0 saturated heterocycles. The highest BCUT2D eigenvalue weighted by atomic mass is 16.3. The number of nitrogens with one attached hydrogen (secondary N) is 1. The highest BCUT2D eigenvalue weighted by Crippen LogP contribution is 2.31. The lowest BCUT2D eigenvalue weighted by Gasteiger charge is -2.04. The topological polar surface area (TPSA) is 74.7 Å². The van der Waals surface area contributed by atoms with Gasteiger partial charge in [0.05, 0.1) is 22.6 Å². The van der Waals surface area contributed by atoms with Crippen molar-refractivity contribution in [2.45, 2.75) is 6.42 Å².